The van der Waals surface area contributed by atoms with Gasteiger partial charge in [0.15, 0.2) is 0 Å². The van der Waals surface area contributed by atoms with Crippen LogP contribution in [0.4, 0.5) is 0 Å². The fourth-order valence-corrected chi connectivity index (χ4v) is 9.25. The molecule has 10 aromatic rings. The zero-order valence-electron chi connectivity index (χ0n) is 28.5. The molecular formula is C49H29N3O. The second-order valence-corrected chi connectivity index (χ2v) is 14.1. The van der Waals surface area contributed by atoms with Crippen molar-refractivity contribution in [3.8, 4) is 39.8 Å². The Morgan fingerprint density at radius 2 is 1.09 bits per heavy atom. The molecule has 2 aliphatic rings. The number of nitrogens with zero attached hydrogens (tertiary/aromatic N) is 3. The maximum Gasteiger partial charge on any atom is 0.235 e. The highest BCUT2D eigenvalue weighted by Gasteiger charge is 2.51. The molecule has 1 aliphatic carbocycles. The Balaban J connectivity index is 1.17. The van der Waals surface area contributed by atoms with Crippen LogP contribution in [0.2, 0.25) is 0 Å². The first-order valence-corrected chi connectivity index (χ1v) is 18.1. The Bertz CT molecular complexity index is 3130. The third-order valence-corrected chi connectivity index (χ3v) is 11.5. The Kier molecular flexibility index (Phi) is 5.67. The molecule has 4 nitrogen and oxygen atoms in total. The normalized spacial score (nSPS) is 13.6. The van der Waals surface area contributed by atoms with Crippen molar-refractivity contribution in [1.82, 2.24) is 14.5 Å². The molecule has 0 saturated carbocycles. The molecule has 8 aromatic carbocycles. The lowest BCUT2D eigenvalue weighted by atomic mass is 9.66. The molecule has 0 bridgehead atoms. The second kappa shape index (κ2) is 10.5. The van der Waals surface area contributed by atoms with Gasteiger partial charge in [0.25, 0.3) is 0 Å². The molecule has 0 fully saturated rings. The van der Waals surface area contributed by atoms with Gasteiger partial charge in [-0.1, -0.05) is 140 Å². The quantitative estimate of drug-likeness (QED) is 0.183. The molecule has 1 aliphatic heterocycles. The van der Waals surface area contributed by atoms with Gasteiger partial charge in [0.2, 0.25) is 5.95 Å². The SMILES string of the molecule is c1ccc2c(c1)Oc1cc3c(cc1C21c2ccccc2-c2ccccc21)c1ccccc1n3-c1nc(-c2ccc3ccccc3c2)c2ccccc2n1. The minimum absolute atomic E-state index is 0.544. The monoisotopic (exact) mass is 675 g/mol. The zero-order valence-corrected chi connectivity index (χ0v) is 28.5. The van der Waals surface area contributed by atoms with Gasteiger partial charge in [-0.25, -0.2) is 9.97 Å². The van der Waals surface area contributed by atoms with Crippen LogP contribution in [-0.2, 0) is 5.41 Å². The zero-order chi connectivity index (χ0) is 34.7. The Hall–Kier alpha value is -7.04. The van der Waals surface area contributed by atoms with Gasteiger partial charge in [0, 0.05) is 38.9 Å². The summed E-state index contributed by atoms with van der Waals surface area (Å²) in [5, 5.41) is 5.67. The van der Waals surface area contributed by atoms with E-state index < -0.39 is 5.41 Å². The van der Waals surface area contributed by atoms with Gasteiger partial charge in [0.05, 0.1) is 27.7 Å². The number of fused-ring (bicyclic) bond motifs is 14. The number of rotatable bonds is 2. The van der Waals surface area contributed by atoms with Crippen molar-refractivity contribution < 1.29 is 4.74 Å². The minimum atomic E-state index is -0.544. The average Bonchev–Trinajstić information content (AvgIpc) is 3.70. The lowest BCUT2D eigenvalue weighted by molar-refractivity contribution is 0.437. The van der Waals surface area contributed by atoms with Crippen LogP contribution < -0.4 is 4.74 Å². The van der Waals surface area contributed by atoms with E-state index in [4.69, 9.17) is 14.7 Å². The fourth-order valence-electron chi connectivity index (χ4n) is 9.25. The van der Waals surface area contributed by atoms with Crippen LogP contribution in [0.1, 0.15) is 22.3 Å². The lowest BCUT2D eigenvalue weighted by Gasteiger charge is -2.39. The molecule has 0 saturated heterocycles. The van der Waals surface area contributed by atoms with Crippen LogP contribution in [0.25, 0.3) is 71.8 Å². The van der Waals surface area contributed by atoms with Crippen molar-refractivity contribution >= 4 is 43.5 Å². The van der Waals surface area contributed by atoms with Gasteiger partial charge >= 0.3 is 0 Å². The smallest absolute Gasteiger partial charge is 0.235 e. The summed E-state index contributed by atoms with van der Waals surface area (Å²) in [5.74, 6) is 2.33. The van der Waals surface area contributed by atoms with E-state index in [1.165, 1.54) is 33.0 Å². The predicted octanol–water partition coefficient (Wildman–Crippen LogP) is 12.0. The number of hydrogen-bond donors (Lipinski definition) is 0. The van der Waals surface area contributed by atoms with E-state index in [1.807, 2.05) is 6.07 Å². The number of para-hydroxylation sites is 3. The van der Waals surface area contributed by atoms with Crippen molar-refractivity contribution in [1.29, 1.82) is 0 Å². The molecule has 0 N–H and O–H groups in total. The fraction of sp³-hybridized carbons (Fsp3) is 0.0204. The number of hydrogen-bond acceptors (Lipinski definition) is 3. The van der Waals surface area contributed by atoms with Crippen molar-refractivity contribution in [2.75, 3.05) is 0 Å². The molecule has 3 heterocycles. The first-order valence-electron chi connectivity index (χ1n) is 18.1. The highest BCUT2D eigenvalue weighted by molar-refractivity contribution is 6.10. The van der Waals surface area contributed by atoms with E-state index in [2.05, 4.69) is 174 Å². The maximum absolute atomic E-state index is 6.94. The van der Waals surface area contributed by atoms with Crippen LogP contribution in [-0.4, -0.2) is 14.5 Å². The van der Waals surface area contributed by atoms with E-state index >= 15 is 0 Å². The summed E-state index contributed by atoms with van der Waals surface area (Å²) in [4.78, 5) is 10.7. The van der Waals surface area contributed by atoms with Gasteiger partial charge < -0.3 is 4.74 Å². The maximum atomic E-state index is 6.94. The summed E-state index contributed by atoms with van der Waals surface area (Å²) in [5.41, 5.74) is 11.7. The van der Waals surface area contributed by atoms with E-state index in [9.17, 15) is 0 Å². The summed E-state index contributed by atoms with van der Waals surface area (Å²) >= 11 is 0. The third-order valence-electron chi connectivity index (χ3n) is 11.5. The molecule has 53 heavy (non-hydrogen) atoms. The van der Waals surface area contributed by atoms with Crippen molar-refractivity contribution in [2.45, 2.75) is 5.41 Å². The van der Waals surface area contributed by atoms with E-state index in [0.717, 1.165) is 66.6 Å². The van der Waals surface area contributed by atoms with Crippen molar-refractivity contribution in [3.05, 3.63) is 198 Å². The molecule has 0 unspecified atom stereocenters. The molecule has 0 atom stereocenters. The Morgan fingerprint density at radius 1 is 0.434 bits per heavy atom. The third kappa shape index (κ3) is 3.79. The Labute approximate surface area is 305 Å². The van der Waals surface area contributed by atoms with Gasteiger partial charge in [-0.3, -0.25) is 4.57 Å². The first kappa shape index (κ1) is 28.6. The average molecular weight is 676 g/mol. The number of ether oxygens (including phenoxy) is 1. The van der Waals surface area contributed by atoms with Gasteiger partial charge in [0.1, 0.15) is 11.5 Å². The number of benzene rings is 8. The van der Waals surface area contributed by atoms with Crippen LogP contribution >= 0.6 is 0 Å². The largest absolute Gasteiger partial charge is 0.457 e. The highest BCUT2D eigenvalue weighted by Crippen LogP contribution is 2.62. The lowest BCUT2D eigenvalue weighted by Crippen LogP contribution is -2.32. The minimum Gasteiger partial charge on any atom is -0.457 e. The van der Waals surface area contributed by atoms with Crippen LogP contribution in [0, 0.1) is 0 Å². The summed E-state index contributed by atoms with van der Waals surface area (Å²) < 4.78 is 9.16. The summed E-state index contributed by atoms with van der Waals surface area (Å²) in [6, 6.07) is 62.9. The molecule has 4 heteroatoms. The predicted molar refractivity (Wildman–Crippen MR) is 214 cm³/mol. The van der Waals surface area contributed by atoms with E-state index in [0.29, 0.717) is 5.95 Å². The second-order valence-electron chi connectivity index (χ2n) is 14.1. The molecule has 246 valence electrons. The van der Waals surface area contributed by atoms with Gasteiger partial charge in [-0.05, 0) is 63.4 Å². The van der Waals surface area contributed by atoms with Gasteiger partial charge in [-0.15, -0.1) is 0 Å². The van der Waals surface area contributed by atoms with Crippen LogP contribution in [0.3, 0.4) is 0 Å². The molecule has 12 rings (SSSR count). The number of aromatic nitrogens is 3. The topological polar surface area (TPSA) is 39.9 Å². The molecule has 1 spiro atoms. The molecular weight excluding hydrogens is 647 g/mol. The molecule has 0 radical (unpaired) electrons. The van der Waals surface area contributed by atoms with E-state index in [-0.39, 0.29) is 0 Å². The van der Waals surface area contributed by atoms with Crippen LogP contribution in [0.15, 0.2) is 176 Å². The standard InChI is InChI=1S/C49H29N3O/c1-2-14-31-27-32(26-25-30(31)13-1)47-36-18-5-10-22-42(36)50-48(51-47)52-43-23-11-6-17-35(43)37-28-41-46(29-44(37)52)53-45-24-12-9-21-40(45)49(41)38-19-7-3-15-33(38)34-16-4-8-20-39(34)49/h1-29H. The van der Waals surface area contributed by atoms with E-state index in [1.54, 1.807) is 0 Å². The summed E-state index contributed by atoms with van der Waals surface area (Å²) in [6.07, 6.45) is 0. The first-order chi connectivity index (χ1) is 26.3. The summed E-state index contributed by atoms with van der Waals surface area (Å²) in [7, 11) is 0. The highest BCUT2D eigenvalue weighted by atomic mass is 16.5. The molecule has 2 aromatic heterocycles. The van der Waals surface area contributed by atoms with Crippen molar-refractivity contribution in [2.24, 2.45) is 0 Å². The summed E-state index contributed by atoms with van der Waals surface area (Å²) in [6.45, 7) is 0. The van der Waals surface area contributed by atoms with Crippen LogP contribution in [0.5, 0.6) is 11.5 Å². The Morgan fingerprint density at radius 3 is 1.92 bits per heavy atom. The van der Waals surface area contributed by atoms with Crippen molar-refractivity contribution in [3.63, 3.8) is 0 Å². The molecule has 0 amide bonds. The van der Waals surface area contributed by atoms with Gasteiger partial charge in [-0.2, -0.15) is 0 Å².